The van der Waals surface area contributed by atoms with E-state index < -0.39 is 0 Å². The Morgan fingerprint density at radius 2 is 2.42 bits per heavy atom. The van der Waals surface area contributed by atoms with E-state index in [2.05, 4.69) is 11.8 Å². The second kappa shape index (κ2) is 5.75. The highest BCUT2D eigenvalue weighted by Gasteiger charge is 2.26. The van der Waals surface area contributed by atoms with Crippen LogP contribution in [-0.4, -0.2) is 37.1 Å². The molecule has 1 aliphatic rings. The summed E-state index contributed by atoms with van der Waals surface area (Å²) in [5.41, 5.74) is 6.44. The van der Waals surface area contributed by atoms with Crippen molar-refractivity contribution in [2.24, 2.45) is 11.7 Å². The fourth-order valence-corrected chi connectivity index (χ4v) is 2.59. The van der Waals surface area contributed by atoms with Gasteiger partial charge in [-0.05, 0) is 38.8 Å². The molecule has 0 aliphatic carbocycles. The third kappa shape index (κ3) is 3.16. The largest absolute Gasteiger partial charge is 0.465 e. The zero-order valence-corrected chi connectivity index (χ0v) is 11.8. The lowest BCUT2D eigenvalue weighted by Gasteiger charge is -2.16. The molecule has 1 aliphatic heterocycles. The van der Waals surface area contributed by atoms with Crippen LogP contribution in [0, 0.1) is 12.8 Å². The van der Waals surface area contributed by atoms with E-state index in [-0.39, 0.29) is 12.0 Å². The van der Waals surface area contributed by atoms with Crippen LogP contribution < -0.4 is 5.73 Å². The third-order valence-corrected chi connectivity index (χ3v) is 3.81. The van der Waals surface area contributed by atoms with Crippen LogP contribution in [0.4, 0.5) is 0 Å². The molecule has 0 saturated carbocycles. The molecule has 1 fully saturated rings. The highest BCUT2D eigenvalue weighted by atomic mass is 16.5. The molecule has 5 nitrogen and oxygen atoms in total. The highest BCUT2D eigenvalue weighted by Crippen LogP contribution is 2.23. The first kappa shape index (κ1) is 14.1. The number of rotatable bonds is 4. The predicted molar refractivity (Wildman–Crippen MR) is 71.8 cm³/mol. The van der Waals surface area contributed by atoms with Crippen LogP contribution in [0.15, 0.2) is 10.5 Å². The summed E-state index contributed by atoms with van der Waals surface area (Å²) in [6, 6.07) is 2.01. The van der Waals surface area contributed by atoms with E-state index in [1.807, 2.05) is 0 Å². The van der Waals surface area contributed by atoms with E-state index >= 15 is 0 Å². The van der Waals surface area contributed by atoms with Crippen LogP contribution in [-0.2, 0) is 11.3 Å². The molecule has 2 N–H and O–H groups in total. The summed E-state index contributed by atoms with van der Waals surface area (Å²) in [4.78, 5) is 13.8. The summed E-state index contributed by atoms with van der Waals surface area (Å²) < 4.78 is 10.3. The van der Waals surface area contributed by atoms with Gasteiger partial charge in [0, 0.05) is 12.6 Å². The molecule has 1 aromatic rings. The number of nitrogens with zero attached hydrogens (tertiary/aromatic N) is 1. The molecular formula is C14H22N2O3. The fraction of sp³-hybridized carbons (Fsp3) is 0.643. The van der Waals surface area contributed by atoms with Crippen molar-refractivity contribution in [3.63, 3.8) is 0 Å². The Balaban J connectivity index is 1.99. The quantitative estimate of drug-likeness (QED) is 0.837. The Morgan fingerprint density at radius 3 is 3.00 bits per heavy atom. The van der Waals surface area contributed by atoms with Crippen molar-refractivity contribution >= 4 is 5.97 Å². The number of esters is 1. The summed E-state index contributed by atoms with van der Waals surface area (Å²) in [6.07, 6.45) is 1.13. The molecule has 19 heavy (non-hydrogen) atoms. The number of nitrogens with two attached hydrogens (primary N) is 1. The molecule has 0 aromatic carbocycles. The lowest BCUT2D eigenvalue weighted by atomic mass is 10.0. The van der Waals surface area contributed by atoms with Gasteiger partial charge in [0.1, 0.15) is 17.1 Å². The fourth-order valence-electron chi connectivity index (χ4n) is 2.59. The number of ether oxygens (including phenoxy) is 1. The average Bonchev–Trinajstić information content (AvgIpc) is 2.96. The van der Waals surface area contributed by atoms with E-state index in [0.717, 1.165) is 31.8 Å². The molecule has 0 radical (unpaired) electrons. The minimum Gasteiger partial charge on any atom is -0.465 e. The van der Waals surface area contributed by atoms with Crippen LogP contribution in [0.25, 0.3) is 0 Å². The van der Waals surface area contributed by atoms with Gasteiger partial charge in [0.05, 0.1) is 13.7 Å². The van der Waals surface area contributed by atoms with Crippen molar-refractivity contribution < 1.29 is 13.9 Å². The zero-order valence-electron chi connectivity index (χ0n) is 11.8. The maximum atomic E-state index is 11.5. The topological polar surface area (TPSA) is 68.7 Å². The monoisotopic (exact) mass is 266 g/mol. The molecule has 106 valence electrons. The molecular weight excluding hydrogens is 244 g/mol. The van der Waals surface area contributed by atoms with E-state index in [9.17, 15) is 4.79 Å². The smallest absolute Gasteiger partial charge is 0.341 e. The minimum atomic E-state index is -0.345. The second-order valence-electron chi connectivity index (χ2n) is 5.32. The average molecular weight is 266 g/mol. The summed E-state index contributed by atoms with van der Waals surface area (Å²) in [5.74, 6) is 1.63. The van der Waals surface area contributed by atoms with Gasteiger partial charge in [-0.2, -0.15) is 0 Å². The Morgan fingerprint density at radius 1 is 1.68 bits per heavy atom. The molecule has 1 saturated heterocycles. The molecule has 2 heterocycles. The SMILES string of the molecule is COC(=O)c1cc(CN2CCC(C(C)N)C2)oc1C. The summed E-state index contributed by atoms with van der Waals surface area (Å²) >= 11 is 0. The third-order valence-electron chi connectivity index (χ3n) is 3.81. The second-order valence-corrected chi connectivity index (χ2v) is 5.32. The Hall–Kier alpha value is -1.33. The normalized spacial score (nSPS) is 21.6. The molecule has 2 rings (SSSR count). The van der Waals surface area contributed by atoms with Gasteiger partial charge in [0.2, 0.25) is 0 Å². The summed E-state index contributed by atoms with van der Waals surface area (Å²) in [7, 11) is 1.38. The van der Waals surface area contributed by atoms with Gasteiger partial charge in [0.15, 0.2) is 0 Å². The number of hydrogen-bond donors (Lipinski definition) is 1. The lowest BCUT2D eigenvalue weighted by Crippen LogP contribution is -2.29. The standard InChI is InChI=1S/C14H22N2O3/c1-9(15)11-4-5-16(7-11)8-12-6-13(10(2)19-12)14(17)18-3/h6,9,11H,4-5,7-8,15H2,1-3H3. The number of methoxy groups -OCH3 is 1. The van der Waals surface area contributed by atoms with Gasteiger partial charge in [-0.25, -0.2) is 4.79 Å². The zero-order chi connectivity index (χ0) is 14.0. The van der Waals surface area contributed by atoms with Crippen LogP contribution >= 0.6 is 0 Å². The molecule has 2 atom stereocenters. The molecule has 1 aromatic heterocycles. The van der Waals surface area contributed by atoms with Crippen molar-refractivity contribution in [3.8, 4) is 0 Å². The van der Waals surface area contributed by atoms with Crippen LogP contribution in [0.5, 0.6) is 0 Å². The van der Waals surface area contributed by atoms with Crippen molar-refractivity contribution in [3.05, 3.63) is 23.2 Å². The molecule has 0 bridgehead atoms. The van der Waals surface area contributed by atoms with Gasteiger partial charge >= 0.3 is 5.97 Å². The van der Waals surface area contributed by atoms with E-state index in [0.29, 0.717) is 17.2 Å². The van der Waals surface area contributed by atoms with Gasteiger partial charge in [-0.15, -0.1) is 0 Å². The molecule has 0 amide bonds. The van der Waals surface area contributed by atoms with Crippen molar-refractivity contribution in [2.45, 2.75) is 32.9 Å². The van der Waals surface area contributed by atoms with Gasteiger partial charge in [-0.1, -0.05) is 0 Å². The van der Waals surface area contributed by atoms with Gasteiger partial charge in [0.25, 0.3) is 0 Å². The number of furan rings is 1. The first-order chi connectivity index (χ1) is 9.01. The summed E-state index contributed by atoms with van der Waals surface area (Å²) in [5, 5.41) is 0. The van der Waals surface area contributed by atoms with Crippen molar-refractivity contribution in [1.29, 1.82) is 0 Å². The number of aryl methyl sites for hydroxylation is 1. The molecule has 2 unspecified atom stereocenters. The predicted octanol–water partition coefficient (Wildman–Crippen LogP) is 1.54. The maximum Gasteiger partial charge on any atom is 0.341 e. The lowest BCUT2D eigenvalue weighted by molar-refractivity contribution is 0.0599. The number of likely N-dealkylation sites (tertiary alicyclic amines) is 1. The minimum absolute atomic E-state index is 0.231. The molecule has 0 spiro atoms. The Labute approximate surface area is 113 Å². The Kier molecular flexibility index (Phi) is 4.27. The van der Waals surface area contributed by atoms with E-state index in [4.69, 9.17) is 14.9 Å². The highest BCUT2D eigenvalue weighted by molar-refractivity contribution is 5.90. The maximum absolute atomic E-state index is 11.5. The molecule has 5 heteroatoms. The Bertz CT molecular complexity index is 454. The van der Waals surface area contributed by atoms with Crippen molar-refractivity contribution in [2.75, 3.05) is 20.2 Å². The first-order valence-electron chi connectivity index (χ1n) is 6.66. The van der Waals surface area contributed by atoms with Crippen LogP contribution in [0.1, 0.15) is 35.2 Å². The van der Waals surface area contributed by atoms with Crippen LogP contribution in [0.2, 0.25) is 0 Å². The summed E-state index contributed by atoms with van der Waals surface area (Å²) in [6.45, 7) is 6.58. The number of carbonyl (C=O) groups excluding carboxylic acids is 1. The van der Waals surface area contributed by atoms with Crippen molar-refractivity contribution in [1.82, 2.24) is 4.90 Å². The first-order valence-corrected chi connectivity index (χ1v) is 6.66. The van der Waals surface area contributed by atoms with E-state index in [1.165, 1.54) is 7.11 Å². The number of carbonyl (C=O) groups is 1. The van der Waals surface area contributed by atoms with E-state index in [1.54, 1.807) is 13.0 Å². The van der Waals surface area contributed by atoms with Crippen LogP contribution in [0.3, 0.4) is 0 Å². The van der Waals surface area contributed by atoms with Gasteiger partial charge in [-0.3, -0.25) is 4.90 Å². The van der Waals surface area contributed by atoms with Gasteiger partial charge < -0.3 is 14.9 Å². The number of hydrogen-bond acceptors (Lipinski definition) is 5.